The zero-order valence-electron chi connectivity index (χ0n) is 11.2. The molecule has 0 aliphatic carbocycles. The molecule has 0 fully saturated rings. The minimum absolute atomic E-state index is 0.403. The Morgan fingerprint density at radius 1 is 1.28 bits per heavy atom. The van der Waals surface area contributed by atoms with Crippen LogP contribution in [0, 0.1) is 0 Å². The van der Waals surface area contributed by atoms with E-state index < -0.39 is 0 Å². The molecule has 0 aliphatic heterocycles. The maximum absolute atomic E-state index is 6.11. The third-order valence-corrected chi connectivity index (χ3v) is 3.43. The summed E-state index contributed by atoms with van der Waals surface area (Å²) < 4.78 is 5.86. The zero-order valence-corrected chi connectivity index (χ0v) is 11.9. The molecule has 0 saturated carbocycles. The lowest BCUT2D eigenvalue weighted by Crippen LogP contribution is -2.24. The smallest absolute Gasteiger partial charge is 0.152 e. The first-order chi connectivity index (χ1) is 8.58. The van der Waals surface area contributed by atoms with Crippen molar-refractivity contribution in [1.29, 1.82) is 0 Å². The van der Waals surface area contributed by atoms with Crippen LogP contribution < -0.4 is 5.32 Å². The van der Waals surface area contributed by atoms with Crippen LogP contribution in [-0.4, -0.2) is 12.6 Å². The fraction of sp³-hybridized carbons (Fsp3) is 0.467. The van der Waals surface area contributed by atoms with E-state index >= 15 is 0 Å². The van der Waals surface area contributed by atoms with Crippen LogP contribution in [0.5, 0.6) is 0 Å². The quantitative estimate of drug-likeness (QED) is 0.856. The predicted octanol–water partition coefficient (Wildman–Crippen LogP) is 4.58. The van der Waals surface area contributed by atoms with Gasteiger partial charge in [0.15, 0.2) is 5.58 Å². The van der Waals surface area contributed by atoms with Gasteiger partial charge in [0.25, 0.3) is 0 Å². The fourth-order valence-electron chi connectivity index (χ4n) is 2.02. The van der Waals surface area contributed by atoms with E-state index in [2.05, 4.69) is 32.2 Å². The number of nitrogens with one attached hydrogen (secondary N) is 1. The molecule has 2 nitrogen and oxygen atoms in total. The Labute approximate surface area is 113 Å². The number of benzene rings is 1. The van der Waals surface area contributed by atoms with Gasteiger partial charge in [0.2, 0.25) is 0 Å². The molecule has 3 heteroatoms. The van der Waals surface area contributed by atoms with E-state index in [4.69, 9.17) is 16.0 Å². The molecular weight excluding hydrogens is 246 g/mol. The molecule has 0 saturated heterocycles. The molecule has 2 aromatic rings. The Hall–Kier alpha value is -0.990. The maximum Gasteiger partial charge on any atom is 0.152 e. The summed E-state index contributed by atoms with van der Waals surface area (Å²) in [5.41, 5.74) is 0.804. The van der Waals surface area contributed by atoms with Gasteiger partial charge in [-0.1, -0.05) is 44.5 Å². The summed E-state index contributed by atoms with van der Waals surface area (Å²) in [6.07, 6.45) is 1.07. The Morgan fingerprint density at radius 3 is 2.72 bits per heavy atom. The molecule has 1 N–H and O–H groups in total. The van der Waals surface area contributed by atoms with Crippen molar-refractivity contribution in [3.8, 4) is 0 Å². The topological polar surface area (TPSA) is 25.2 Å². The molecule has 1 aromatic carbocycles. The Morgan fingerprint density at radius 2 is 2.06 bits per heavy atom. The van der Waals surface area contributed by atoms with E-state index in [0.717, 1.165) is 29.7 Å². The molecule has 98 valence electrons. The van der Waals surface area contributed by atoms with Crippen molar-refractivity contribution in [1.82, 2.24) is 5.32 Å². The van der Waals surface area contributed by atoms with Crippen molar-refractivity contribution in [3.63, 3.8) is 0 Å². The summed E-state index contributed by atoms with van der Waals surface area (Å²) >= 11 is 6.11. The number of hydrogen-bond donors (Lipinski definition) is 1. The molecule has 18 heavy (non-hydrogen) atoms. The summed E-state index contributed by atoms with van der Waals surface area (Å²) in [5, 5.41) is 5.19. The van der Waals surface area contributed by atoms with E-state index in [1.54, 1.807) is 0 Å². The zero-order chi connectivity index (χ0) is 13.1. The van der Waals surface area contributed by atoms with E-state index in [1.165, 1.54) is 0 Å². The second kappa shape index (κ2) is 5.77. The van der Waals surface area contributed by atoms with E-state index in [9.17, 15) is 0 Å². The number of rotatable bonds is 5. The van der Waals surface area contributed by atoms with Gasteiger partial charge in [0, 0.05) is 17.3 Å². The highest BCUT2D eigenvalue weighted by Gasteiger charge is 2.13. The van der Waals surface area contributed by atoms with Crippen molar-refractivity contribution in [2.45, 2.75) is 39.2 Å². The average Bonchev–Trinajstić information content (AvgIpc) is 2.74. The van der Waals surface area contributed by atoms with Crippen molar-refractivity contribution in [2.75, 3.05) is 6.54 Å². The molecule has 0 aliphatic rings. The maximum atomic E-state index is 6.11. The minimum Gasteiger partial charge on any atom is -0.459 e. The molecule has 0 radical (unpaired) electrons. The largest absolute Gasteiger partial charge is 0.459 e. The summed E-state index contributed by atoms with van der Waals surface area (Å²) in [7, 11) is 0. The SMILES string of the molecule is CC(C)NCCC(C)c1cc2cccc(Cl)c2o1. The van der Waals surface area contributed by atoms with Gasteiger partial charge in [-0.3, -0.25) is 0 Å². The van der Waals surface area contributed by atoms with Crippen LogP contribution in [0.15, 0.2) is 28.7 Å². The third-order valence-electron chi connectivity index (χ3n) is 3.13. The lowest BCUT2D eigenvalue weighted by molar-refractivity contribution is 0.467. The van der Waals surface area contributed by atoms with Crippen LogP contribution in [0.1, 0.15) is 38.9 Å². The van der Waals surface area contributed by atoms with Gasteiger partial charge >= 0.3 is 0 Å². The highest BCUT2D eigenvalue weighted by Crippen LogP contribution is 2.30. The third kappa shape index (κ3) is 3.06. The summed E-state index contributed by atoms with van der Waals surface area (Å²) in [5.74, 6) is 1.42. The molecule has 0 bridgehead atoms. The second-order valence-electron chi connectivity index (χ2n) is 5.11. The molecule has 0 spiro atoms. The van der Waals surface area contributed by atoms with Gasteiger partial charge in [-0.2, -0.15) is 0 Å². The Kier molecular flexibility index (Phi) is 4.31. The van der Waals surface area contributed by atoms with Gasteiger partial charge in [-0.25, -0.2) is 0 Å². The Balaban J connectivity index is 2.08. The van der Waals surface area contributed by atoms with E-state index in [-0.39, 0.29) is 0 Å². The first-order valence-electron chi connectivity index (χ1n) is 6.49. The lowest BCUT2D eigenvalue weighted by Gasteiger charge is -2.11. The number of halogens is 1. The molecule has 2 rings (SSSR count). The van der Waals surface area contributed by atoms with Crippen LogP contribution in [0.2, 0.25) is 5.02 Å². The summed E-state index contributed by atoms with van der Waals surface area (Å²) in [4.78, 5) is 0. The predicted molar refractivity (Wildman–Crippen MR) is 77.4 cm³/mol. The van der Waals surface area contributed by atoms with Crippen molar-refractivity contribution in [3.05, 3.63) is 35.0 Å². The number of para-hydroxylation sites is 1. The van der Waals surface area contributed by atoms with Gasteiger partial charge in [0.05, 0.1) is 5.02 Å². The van der Waals surface area contributed by atoms with Gasteiger partial charge < -0.3 is 9.73 Å². The normalized spacial score (nSPS) is 13.4. The molecule has 1 unspecified atom stereocenters. The molecule has 1 heterocycles. The number of furan rings is 1. The lowest BCUT2D eigenvalue weighted by atomic mass is 10.0. The number of fused-ring (bicyclic) bond motifs is 1. The highest BCUT2D eigenvalue weighted by atomic mass is 35.5. The van der Waals surface area contributed by atoms with Crippen molar-refractivity contribution < 1.29 is 4.42 Å². The molecule has 1 atom stereocenters. The van der Waals surface area contributed by atoms with E-state index in [1.807, 2.05) is 18.2 Å². The standard InChI is InChI=1S/C15H20ClNO/c1-10(2)17-8-7-11(3)14-9-12-5-4-6-13(16)15(12)18-14/h4-6,9-11,17H,7-8H2,1-3H3. The van der Waals surface area contributed by atoms with Crippen molar-refractivity contribution in [2.24, 2.45) is 0 Å². The van der Waals surface area contributed by atoms with E-state index in [0.29, 0.717) is 17.0 Å². The Bertz CT molecular complexity index is 518. The summed E-state index contributed by atoms with van der Waals surface area (Å²) in [6, 6.07) is 8.48. The average molecular weight is 266 g/mol. The van der Waals surface area contributed by atoms with Crippen molar-refractivity contribution >= 4 is 22.6 Å². The highest BCUT2D eigenvalue weighted by molar-refractivity contribution is 6.34. The first kappa shape index (κ1) is 13.4. The van der Waals surface area contributed by atoms with Gasteiger partial charge in [-0.15, -0.1) is 0 Å². The van der Waals surface area contributed by atoms with Crippen LogP contribution in [-0.2, 0) is 0 Å². The van der Waals surface area contributed by atoms with Gasteiger partial charge in [-0.05, 0) is 25.1 Å². The first-order valence-corrected chi connectivity index (χ1v) is 6.87. The van der Waals surface area contributed by atoms with Gasteiger partial charge in [0.1, 0.15) is 5.76 Å². The second-order valence-corrected chi connectivity index (χ2v) is 5.51. The van der Waals surface area contributed by atoms with Crippen LogP contribution in [0.4, 0.5) is 0 Å². The monoisotopic (exact) mass is 265 g/mol. The fourth-order valence-corrected chi connectivity index (χ4v) is 2.24. The number of hydrogen-bond acceptors (Lipinski definition) is 2. The van der Waals surface area contributed by atoms with Crippen LogP contribution >= 0.6 is 11.6 Å². The van der Waals surface area contributed by atoms with Crippen LogP contribution in [0.3, 0.4) is 0 Å². The van der Waals surface area contributed by atoms with Crippen LogP contribution in [0.25, 0.3) is 11.0 Å². The molecular formula is C15H20ClNO. The molecule has 0 amide bonds. The summed E-state index contributed by atoms with van der Waals surface area (Å²) in [6.45, 7) is 7.51. The molecule has 1 aromatic heterocycles. The minimum atomic E-state index is 0.403.